The van der Waals surface area contributed by atoms with E-state index in [0.717, 1.165) is 5.56 Å². The molecule has 0 radical (unpaired) electrons. The number of hydrogen-bond donors (Lipinski definition) is 1. The lowest BCUT2D eigenvalue weighted by Gasteiger charge is -2.06. The summed E-state index contributed by atoms with van der Waals surface area (Å²) >= 11 is 5.78. The van der Waals surface area contributed by atoms with Crippen molar-refractivity contribution in [1.82, 2.24) is 0 Å². The first-order chi connectivity index (χ1) is 8.63. The van der Waals surface area contributed by atoms with E-state index < -0.39 is 0 Å². The number of amides is 1. The highest BCUT2D eigenvalue weighted by molar-refractivity contribution is 6.30. The zero-order chi connectivity index (χ0) is 13.0. The molecule has 2 rings (SSSR count). The molecule has 0 fully saturated rings. The van der Waals surface area contributed by atoms with Gasteiger partial charge in [-0.25, -0.2) is 0 Å². The molecule has 0 aliphatic carbocycles. The third-order valence-electron chi connectivity index (χ3n) is 2.35. The highest BCUT2D eigenvalue weighted by Gasteiger charge is 2.00. The van der Waals surface area contributed by atoms with E-state index >= 15 is 0 Å². The lowest BCUT2D eigenvalue weighted by molar-refractivity contribution is -0.117. The van der Waals surface area contributed by atoms with Crippen LogP contribution in [0.1, 0.15) is 5.56 Å². The van der Waals surface area contributed by atoms with E-state index in [1.165, 1.54) is 0 Å². The molecule has 0 aliphatic rings. The SMILES string of the molecule is NC(=O)Cc1ccc(Oc2ccc(Cl)cc2)cc1. The van der Waals surface area contributed by atoms with Crippen LogP contribution in [0.4, 0.5) is 0 Å². The second-order valence-electron chi connectivity index (χ2n) is 3.84. The second-order valence-corrected chi connectivity index (χ2v) is 4.28. The first kappa shape index (κ1) is 12.5. The summed E-state index contributed by atoms with van der Waals surface area (Å²) in [6.07, 6.45) is 0.237. The summed E-state index contributed by atoms with van der Waals surface area (Å²) in [6.45, 7) is 0. The molecule has 2 aromatic carbocycles. The zero-order valence-corrected chi connectivity index (χ0v) is 10.4. The molecule has 0 atom stereocenters. The summed E-state index contributed by atoms with van der Waals surface area (Å²) < 4.78 is 5.62. The Hall–Kier alpha value is -2.00. The van der Waals surface area contributed by atoms with E-state index in [9.17, 15) is 4.79 Å². The van der Waals surface area contributed by atoms with Gasteiger partial charge in [-0.15, -0.1) is 0 Å². The van der Waals surface area contributed by atoms with Crippen LogP contribution in [0.3, 0.4) is 0 Å². The largest absolute Gasteiger partial charge is 0.457 e. The van der Waals surface area contributed by atoms with E-state index in [1.54, 1.807) is 36.4 Å². The van der Waals surface area contributed by atoms with Crippen LogP contribution in [0.2, 0.25) is 5.02 Å². The van der Waals surface area contributed by atoms with Crippen molar-refractivity contribution in [3.05, 3.63) is 59.1 Å². The minimum absolute atomic E-state index is 0.237. The average Bonchev–Trinajstić information content (AvgIpc) is 2.34. The lowest BCUT2D eigenvalue weighted by atomic mass is 10.1. The summed E-state index contributed by atoms with van der Waals surface area (Å²) in [5.41, 5.74) is 5.98. The Kier molecular flexibility index (Phi) is 3.85. The third kappa shape index (κ3) is 3.50. The molecule has 0 saturated carbocycles. The van der Waals surface area contributed by atoms with Crippen LogP contribution in [0, 0.1) is 0 Å². The van der Waals surface area contributed by atoms with Crippen molar-refractivity contribution < 1.29 is 9.53 Å². The fraction of sp³-hybridized carbons (Fsp3) is 0.0714. The fourth-order valence-corrected chi connectivity index (χ4v) is 1.64. The summed E-state index contributed by atoms with van der Waals surface area (Å²) in [5, 5.41) is 0.666. The van der Waals surface area contributed by atoms with Gasteiger partial charge in [-0.1, -0.05) is 23.7 Å². The molecule has 0 aromatic heterocycles. The fourth-order valence-electron chi connectivity index (χ4n) is 1.52. The maximum atomic E-state index is 10.8. The molecule has 0 heterocycles. The molecule has 0 spiro atoms. The number of carbonyl (C=O) groups excluding carboxylic acids is 1. The zero-order valence-electron chi connectivity index (χ0n) is 9.60. The summed E-state index contributed by atoms with van der Waals surface area (Å²) in [5.74, 6) is 1.06. The van der Waals surface area contributed by atoms with Crippen LogP contribution in [-0.2, 0) is 11.2 Å². The normalized spacial score (nSPS) is 10.1. The van der Waals surface area contributed by atoms with Crippen molar-refractivity contribution in [1.29, 1.82) is 0 Å². The van der Waals surface area contributed by atoms with E-state index in [4.69, 9.17) is 22.1 Å². The van der Waals surface area contributed by atoms with E-state index in [1.807, 2.05) is 12.1 Å². The van der Waals surface area contributed by atoms with Crippen molar-refractivity contribution in [3.63, 3.8) is 0 Å². The minimum Gasteiger partial charge on any atom is -0.457 e. The Morgan fingerprint density at radius 3 is 2.00 bits per heavy atom. The quantitative estimate of drug-likeness (QED) is 0.919. The van der Waals surface area contributed by atoms with Crippen molar-refractivity contribution in [2.45, 2.75) is 6.42 Å². The first-order valence-corrected chi connectivity index (χ1v) is 5.82. The third-order valence-corrected chi connectivity index (χ3v) is 2.60. The second kappa shape index (κ2) is 5.56. The number of ether oxygens (including phenoxy) is 1. The predicted octanol–water partition coefficient (Wildman–Crippen LogP) is 3.16. The van der Waals surface area contributed by atoms with Gasteiger partial charge in [0.15, 0.2) is 0 Å². The van der Waals surface area contributed by atoms with Gasteiger partial charge >= 0.3 is 0 Å². The Balaban J connectivity index is 2.06. The van der Waals surface area contributed by atoms with Crippen molar-refractivity contribution >= 4 is 17.5 Å². The van der Waals surface area contributed by atoms with Crippen LogP contribution in [0.5, 0.6) is 11.5 Å². The topological polar surface area (TPSA) is 52.3 Å². The number of carbonyl (C=O) groups is 1. The molecule has 0 aliphatic heterocycles. The van der Waals surface area contributed by atoms with E-state index in [0.29, 0.717) is 16.5 Å². The predicted molar refractivity (Wildman–Crippen MR) is 70.9 cm³/mol. The maximum Gasteiger partial charge on any atom is 0.221 e. The van der Waals surface area contributed by atoms with Crippen LogP contribution in [0.15, 0.2) is 48.5 Å². The molecule has 0 saturated heterocycles. The summed E-state index contributed by atoms with van der Waals surface area (Å²) in [7, 11) is 0. The van der Waals surface area contributed by atoms with Crippen LogP contribution in [0.25, 0.3) is 0 Å². The van der Waals surface area contributed by atoms with Crippen LogP contribution < -0.4 is 10.5 Å². The van der Waals surface area contributed by atoms with Gasteiger partial charge < -0.3 is 10.5 Å². The minimum atomic E-state index is -0.346. The summed E-state index contributed by atoms with van der Waals surface area (Å²) in [4.78, 5) is 10.8. The maximum absolute atomic E-state index is 10.8. The highest BCUT2D eigenvalue weighted by Crippen LogP contribution is 2.23. The van der Waals surface area contributed by atoms with E-state index in [2.05, 4.69) is 0 Å². The molecule has 2 aromatic rings. The molecule has 4 heteroatoms. The lowest BCUT2D eigenvalue weighted by Crippen LogP contribution is -2.13. The number of hydrogen-bond acceptors (Lipinski definition) is 2. The molecular weight excluding hydrogens is 250 g/mol. The Morgan fingerprint density at radius 1 is 1.00 bits per heavy atom. The van der Waals surface area contributed by atoms with Gasteiger partial charge in [-0.05, 0) is 42.0 Å². The number of halogens is 1. The van der Waals surface area contributed by atoms with Gasteiger partial charge in [0.1, 0.15) is 11.5 Å². The van der Waals surface area contributed by atoms with Gasteiger partial charge in [0, 0.05) is 5.02 Å². The standard InChI is InChI=1S/C14H12ClNO2/c15-11-3-7-13(8-4-11)18-12-5-1-10(2-6-12)9-14(16)17/h1-8H,9H2,(H2,16,17). The summed E-state index contributed by atoms with van der Waals surface area (Å²) in [6, 6.07) is 14.3. The number of rotatable bonds is 4. The van der Waals surface area contributed by atoms with Gasteiger partial charge in [0.2, 0.25) is 5.91 Å². The van der Waals surface area contributed by atoms with E-state index in [-0.39, 0.29) is 12.3 Å². The van der Waals surface area contributed by atoms with Crippen LogP contribution in [-0.4, -0.2) is 5.91 Å². The molecule has 92 valence electrons. The molecule has 0 unspecified atom stereocenters. The van der Waals surface area contributed by atoms with Crippen LogP contribution >= 0.6 is 11.6 Å². The molecule has 3 nitrogen and oxygen atoms in total. The van der Waals surface area contributed by atoms with Gasteiger partial charge in [0.05, 0.1) is 6.42 Å². The Morgan fingerprint density at radius 2 is 1.50 bits per heavy atom. The average molecular weight is 262 g/mol. The molecular formula is C14H12ClNO2. The number of nitrogens with two attached hydrogens (primary N) is 1. The molecule has 2 N–H and O–H groups in total. The Bertz CT molecular complexity index is 535. The van der Waals surface area contributed by atoms with Gasteiger partial charge in [-0.3, -0.25) is 4.79 Å². The van der Waals surface area contributed by atoms with Gasteiger partial charge in [-0.2, -0.15) is 0 Å². The highest BCUT2D eigenvalue weighted by atomic mass is 35.5. The smallest absolute Gasteiger partial charge is 0.221 e. The van der Waals surface area contributed by atoms with Gasteiger partial charge in [0.25, 0.3) is 0 Å². The molecule has 18 heavy (non-hydrogen) atoms. The monoisotopic (exact) mass is 261 g/mol. The van der Waals surface area contributed by atoms with Crippen molar-refractivity contribution in [3.8, 4) is 11.5 Å². The molecule has 0 bridgehead atoms. The number of benzene rings is 2. The Labute approximate surface area is 110 Å². The molecule has 1 amide bonds. The first-order valence-electron chi connectivity index (χ1n) is 5.44. The van der Waals surface area contributed by atoms with Crippen molar-refractivity contribution in [2.75, 3.05) is 0 Å². The van der Waals surface area contributed by atoms with Crippen molar-refractivity contribution in [2.24, 2.45) is 5.73 Å². The number of primary amides is 1.